The molecule has 2 rings (SSSR count). The van der Waals surface area contributed by atoms with Gasteiger partial charge in [-0.15, -0.1) is 0 Å². The molecule has 2 N–H and O–H groups in total. The molecule has 1 fully saturated rings. The number of hydrogen-bond donors (Lipinski definition) is 2. The molecule has 112 valence electrons. The first-order valence-electron chi connectivity index (χ1n) is 6.78. The van der Waals surface area contributed by atoms with Crippen LogP contribution in [0.4, 0.5) is 0 Å². The van der Waals surface area contributed by atoms with Gasteiger partial charge < -0.3 is 15.2 Å². The number of carboxylic acids is 1. The molecule has 0 saturated carbocycles. The lowest BCUT2D eigenvalue weighted by Gasteiger charge is -2.23. The quantitative estimate of drug-likeness (QED) is 0.802. The van der Waals surface area contributed by atoms with E-state index in [9.17, 15) is 9.59 Å². The average molecular weight is 290 g/mol. The summed E-state index contributed by atoms with van der Waals surface area (Å²) in [4.78, 5) is 26.8. The molecular formula is C15H18N2O4. The van der Waals surface area contributed by atoms with Crippen LogP contribution < -0.4 is 5.32 Å². The summed E-state index contributed by atoms with van der Waals surface area (Å²) in [7, 11) is 0. The fourth-order valence-corrected chi connectivity index (χ4v) is 2.23. The van der Waals surface area contributed by atoms with Crippen molar-refractivity contribution in [2.75, 3.05) is 13.2 Å². The maximum atomic E-state index is 12.2. The molecule has 1 aliphatic heterocycles. The van der Waals surface area contributed by atoms with Gasteiger partial charge in [0.1, 0.15) is 5.69 Å². The molecule has 1 aromatic heterocycles. The van der Waals surface area contributed by atoms with Crippen molar-refractivity contribution in [2.24, 2.45) is 0 Å². The minimum absolute atomic E-state index is 0.205. The summed E-state index contributed by atoms with van der Waals surface area (Å²) in [6.07, 6.45) is 5.73. The Hall–Kier alpha value is -2.21. The Morgan fingerprint density at radius 1 is 1.57 bits per heavy atom. The third kappa shape index (κ3) is 4.13. The third-order valence-electron chi connectivity index (χ3n) is 3.38. The molecule has 0 radical (unpaired) electrons. The largest absolute Gasteiger partial charge is 0.478 e. The van der Waals surface area contributed by atoms with Gasteiger partial charge in [-0.25, -0.2) is 4.79 Å². The van der Waals surface area contributed by atoms with Crippen LogP contribution in [-0.2, 0) is 9.53 Å². The van der Waals surface area contributed by atoms with Crippen LogP contribution in [0, 0.1) is 0 Å². The first kappa shape index (κ1) is 15.2. The number of ether oxygens (including phenoxy) is 1. The molecule has 1 saturated heterocycles. The molecule has 0 bridgehead atoms. The molecule has 1 atom stereocenters. The molecule has 1 aromatic rings. The molecule has 6 nitrogen and oxygen atoms in total. The summed E-state index contributed by atoms with van der Waals surface area (Å²) in [6, 6.07) is 3.30. The third-order valence-corrected chi connectivity index (χ3v) is 3.38. The molecule has 6 heteroatoms. The smallest absolute Gasteiger partial charge is 0.328 e. The van der Waals surface area contributed by atoms with E-state index >= 15 is 0 Å². The molecule has 2 heterocycles. The normalized spacial score (nSPS) is 21.6. The Morgan fingerprint density at radius 3 is 3.05 bits per heavy atom. The first-order valence-corrected chi connectivity index (χ1v) is 6.78. The van der Waals surface area contributed by atoms with E-state index < -0.39 is 5.97 Å². The van der Waals surface area contributed by atoms with Gasteiger partial charge in [-0.2, -0.15) is 0 Å². The van der Waals surface area contributed by atoms with Crippen molar-refractivity contribution in [1.29, 1.82) is 0 Å². The number of carbonyl (C=O) groups excluding carboxylic acids is 1. The predicted octanol–water partition coefficient (Wildman–Crippen LogP) is 1.48. The van der Waals surface area contributed by atoms with Crippen LogP contribution in [0.2, 0.25) is 0 Å². The monoisotopic (exact) mass is 290 g/mol. The van der Waals surface area contributed by atoms with Crippen LogP contribution in [-0.4, -0.2) is 40.7 Å². The molecule has 0 aromatic carbocycles. The number of nitrogens with one attached hydrogen (secondary N) is 1. The van der Waals surface area contributed by atoms with Crippen LogP contribution in [0.15, 0.2) is 24.4 Å². The molecular weight excluding hydrogens is 272 g/mol. The van der Waals surface area contributed by atoms with Gasteiger partial charge in [0.25, 0.3) is 5.91 Å². The van der Waals surface area contributed by atoms with E-state index in [0.717, 1.165) is 18.9 Å². The fraction of sp³-hybridized carbons (Fsp3) is 0.400. The van der Waals surface area contributed by atoms with Crippen molar-refractivity contribution in [1.82, 2.24) is 10.3 Å². The van der Waals surface area contributed by atoms with Gasteiger partial charge in [-0.1, -0.05) is 6.07 Å². The Morgan fingerprint density at radius 2 is 2.38 bits per heavy atom. The van der Waals surface area contributed by atoms with Gasteiger partial charge >= 0.3 is 5.97 Å². The number of aliphatic carboxylic acids is 1. The van der Waals surface area contributed by atoms with Crippen molar-refractivity contribution < 1.29 is 19.4 Å². The minimum atomic E-state index is -1.07. The number of hydrogen-bond acceptors (Lipinski definition) is 4. The molecule has 21 heavy (non-hydrogen) atoms. The Balaban J connectivity index is 2.06. The summed E-state index contributed by atoms with van der Waals surface area (Å²) in [5.74, 6) is -1.41. The van der Waals surface area contributed by atoms with E-state index in [1.54, 1.807) is 12.1 Å². The lowest BCUT2D eigenvalue weighted by Crippen LogP contribution is -2.40. The van der Waals surface area contributed by atoms with Crippen molar-refractivity contribution in [3.05, 3.63) is 35.7 Å². The zero-order chi connectivity index (χ0) is 15.3. The summed E-state index contributed by atoms with van der Waals surface area (Å²) >= 11 is 0. The highest BCUT2D eigenvalue weighted by molar-refractivity contribution is 5.97. The second kappa shape index (κ2) is 6.49. The first-order chi connectivity index (χ1) is 10.0. The Kier molecular flexibility index (Phi) is 4.70. The highest BCUT2D eigenvalue weighted by atomic mass is 16.5. The SMILES string of the molecule is CC1(CNC(=O)c2ncccc2/C=C/C(=O)O)CCCO1. The topological polar surface area (TPSA) is 88.5 Å². The number of pyridine rings is 1. The van der Waals surface area contributed by atoms with Crippen LogP contribution in [0.25, 0.3) is 6.08 Å². The number of aromatic nitrogens is 1. The number of carboxylic acid groups (broad SMARTS) is 1. The lowest BCUT2D eigenvalue weighted by atomic mass is 10.0. The second-order valence-corrected chi connectivity index (χ2v) is 5.20. The van der Waals surface area contributed by atoms with E-state index in [1.807, 2.05) is 6.92 Å². The standard InChI is InChI=1S/C15H18N2O4/c1-15(7-3-9-21-15)10-17-14(20)13-11(4-2-8-16-13)5-6-12(18)19/h2,4-6,8H,3,7,9-10H2,1H3,(H,17,20)(H,18,19)/b6-5+. The van der Waals surface area contributed by atoms with Crippen LogP contribution >= 0.6 is 0 Å². The van der Waals surface area contributed by atoms with Gasteiger partial charge in [-0.3, -0.25) is 9.78 Å². The summed E-state index contributed by atoms with van der Waals surface area (Å²) in [5.41, 5.74) is 0.341. The zero-order valence-corrected chi connectivity index (χ0v) is 11.8. The maximum Gasteiger partial charge on any atom is 0.328 e. The van der Waals surface area contributed by atoms with E-state index in [-0.39, 0.29) is 17.2 Å². The van der Waals surface area contributed by atoms with E-state index in [0.29, 0.717) is 18.7 Å². The van der Waals surface area contributed by atoms with Crippen molar-refractivity contribution >= 4 is 18.0 Å². The molecule has 1 unspecified atom stereocenters. The van der Waals surface area contributed by atoms with E-state index in [4.69, 9.17) is 9.84 Å². The number of amides is 1. The van der Waals surface area contributed by atoms with E-state index in [2.05, 4.69) is 10.3 Å². The molecule has 1 amide bonds. The average Bonchev–Trinajstić information content (AvgIpc) is 2.90. The van der Waals surface area contributed by atoms with Crippen LogP contribution in [0.5, 0.6) is 0 Å². The minimum Gasteiger partial charge on any atom is -0.478 e. The summed E-state index contributed by atoms with van der Waals surface area (Å²) < 4.78 is 5.61. The Bertz CT molecular complexity index is 563. The molecule has 0 spiro atoms. The van der Waals surface area contributed by atoms with Gasteiger partial charge in [0.2, 0.25) is 0 Å². The van der Waals surface area contributed by atoms with Crippen molar-refractivity contribution in [3.63, 3.8) is 0 Å². The van der Waals surface area contributed by atoms with Gasteiger partial charge in [0.15, 0.2) is 0 Å². The van der Waals surface area contributed by atoms with Gasteiger partial charge in [0, 0.05) is 31.0 Å². The lowest BCUT2D eigenvalue weighted by molar-refractivity contribution is -0.131. The van der Waals surface area contributed by atoms with Gasteiger partial charge in [0.05, 0.1) is 5.60 Å². The highest BCUT2D eigenvalue weighted by Gasteiger charge is 2.30. The van der Waals surface area contributed by atoms with E-state index in [1.165, 1.54) is 12.3 Å². The van der Waals surface area contributed by atoms with Crippen LogP contribution in [0.1, 0.15) is 35.8 Å². The number of rotatable bonds is 5. The van der Waals surface area contributed by atoms with Crippen LogP contribution in [0.3, 0.4) is 0 Å². The summed E-state index contributed by atoms with van der Waals surface area (Å²) in [5, 5.41) is 11.5. The zero-order valence-electron chi connectivity index (χ0n) is 11.8. The highest BCUT2D eigenvalue weighted by Crippen LogP contribution is 2.24. The number of carbonyl (C=O) groups is 2. The van der Waals surface area contributed by atoms with Crippen molar-refractivity contribution in [2.45, 2.75) is 25.4 Å². The Labute approximate surface area is 122 Å². The maximum absolute atomic E-state index is 12.2. The summed E-state index contributed by atoms with van der Waals surface area (Å²) in [6.45, 7) is 3.08. The van der Waals surface area contributed by atoms with Gasteiger partial charge in [-0.05, 0) is 31.9 Å². The van der Waals surface area contributed by atoms with Crippen molar-refractivity contribution in [3.8, 4) is 0 Å². The fourth-order valence-electron chi connectivity index (χ4n) is 2.23. The molecule has 1 aliphatic rings. The second-order valence-electron chi connectivity index (χ2n) is 5.20. The predicted molar refractivity (Wildman–Crippen MR) is 76.8 cm³/mol. The molecule has 0 aliphatic carbocycles. The number of nitrogens with zero attached hydrogens (tertiary/aromatic N) is 1.